The number of anilines is 2. The molecule has 1 unspecified atom stereocenters. The van der Waals surface area contributed by atoms with Crippen molar-refractivity contribution in [3.8, 4) is 0 Å². The maximum Gasteiger partial charge on any atom is 0.411 e. The lowest BCUT2D eigenvalue weighted by Gasteiger charge is -2.25. The number of carbonyl (C=O) groups excluding carboxylic acids is 1. The third kappa shape index (κ3) is 3.19. The van der Waals surface area contributed by atoms with Gasteiger partial charge >= 0.3 is 6.09 Å². The van der Waals surface area contributed by atoms with Gasteiger partial charge in [0.1, 0.15) is 0 Å². The Kier molecular flexibility index (Phi) is 4.10. The van der Waals surface area contributed by atoms with Gasteiger partial charge in [0, 0.05) is 16.3 Å². The van der Waals surface area contributed by atoms with Gasteiger partial charge in [0.15, 0.2) is 0 Å². The van der Waals surface area contributed by atoms with Gasteiger partial charge in [-0.15, -0.1) is 11.3 Å². The second-order valence-electron chi connectivity index (χ2n) is 5.09. The van der Waals surface area contributed by atoms with Gasteiger partial charge in [-0.3, -0.25) is 5.32 Å². The summed E-state index contributed by atoms with van der Waals surface area (Å²) in [7, 11) is 1.36. The average Bonchev–Trinajstić information content (AvgIpc) is 2.97. The lowest BCUT2D eigenvalue weighted by molar-refractivity contribution is 0.187. The SMILES string of the molecule is COC(=O)Nc1cccc(NC2CCCc3sccc32)c1. The molecule has 1 aromatic carbocycles. The summed E-state index contributed by atoms with van der Waals surface area (Å²) < 4.78 is 4.61. The van der Waals surface area contributed by atoms with E-state index < -0.39 is 6.09 Å². The second-order valence-corrected chi connectivity index (χ2v) is 6.09. The van der Waals surface area contributed by atoms with E-state index in [2.05, 4.69) is 26.8 Å². The molecule has 2 N–H and O–H groups in total. The number of hydrogen-bond acceptors (Lipinski definition) is 4. The lowest BCUT2D eigenvalue weighted by atomic mass is 9.94. The van der Waals surface area contributed by atoms with Gasteiger partial charge in [-0.1, -0.05) is 6.07 Å². The van der Waals surface area contributed by atoms with Crippen molar-refractivity contribution in [3.05, 3.63) is 46.2 Å². The first-order valence-electron chi connectivity index (χ1n) is 7.04. The Hall–Kier alpha value is -2.01. The first-order chi connectivity index (χ1) is 10.3. The lowest BCUT2D eigenvalue weighted by Crippen LogP contribution is -2.16. The molecule has 0 fully saturated rings. The van der Waals surface area contributed by atoms with Gasteiger partial charge in [-0.2, -0.15) is 0 Å². The van der Waals surface area contributed by atoms with Crippen molar-refractivity contribution in [1.29, 1.82) is 0 Å². The van der Waals surface area contributed by atoms with E-state index in [9.17, 15) is 4.79 Å². The molecule has 0 saturated heterocycles. The van der Waals surface area contributed by atoms with Crippen LogP contribution in [0.15, 0.2) is 35.7 Å². The largest absolute Gasteiger partial charge is 0.453 e. The van der Waals surface area contributed by atoms with Crippen LogP contribution in [0.25, 0.3) is 0 Å². The average molecular weight is 302 g/mol. The molecule has 1 amide bonds. The normalized spacial score (nSPS) is 16.9. The van der Waals surface area contributed by atoms with Crippen molar-refractivity contribution in [2.24, 2.45) is 0 Å². The van der Waals surface area contributed by atoms with E-state index >= 15 is 0 Å². The smallest absolute Gasteiger partial charge is 0.411 e. The number of methoxy groups -OCH3 is 1. The molecule has 0 saturated carbocycles. The number of thiophene rings is 1. The number of nitrogens with one attached hydrogen (secondary N) is 2. The van der Waals surface area contributed by atoms with E-state index in [0.717, 1.165) is 17.8 Å². The molecule has 5 heteroatoms. The van der Waals surface area contributed by atoms with Crippen molar-refractivity contribution in [3.63, 3.8) is 0 Å². The number of amides is 1. The predicted octanol–water partition coefficient (Wildman–Crippen LogP) is 4.42. The molecule has 1 aliphatic carbocycles. The summed E-state index contributed by atoms with van der Waals surface area (Å²) in [6.07, 6.45) is 3.09. The van der Waals surface area contributed by atoms with Crippen molar-refractivity contribution in [1.82, 2.24) is 0 Å². The summed E-state index contributed by atoms with van der Waals surface area (Å²) in [4.78, 5) is 12.7. The zero-order chi connectivity index (χ0) is 14.7. The summed E-state index contributed by atoms with van der Waals surface area (Å²) in [6, 6.07) is 10.3. The minimum atomic E-state index is -0.454. The molecule has 0 aliphatic heterocycles. The van der Waals surface area contributed by atoms with Crippen LogP contribution >= 0.6 is 11.3 Å². The predicted molar refractivity (Wildman–Crippen MR) is 86.1 cm³/mol. The summed E-state index contributed by atoms with van der Waals surface area (Å²) >= 11 is 1.84. The fourth-order valence-electron chi connectivity index (χ4n) is 2.69. The zero-order valence-electron chi connectivity index (χ0n) is 11.9. The van der Waals surface area contributed by atoms with Crippen molar-refractivity contribution in [2.45, 2.75) is 25.3 Å². The number of fused-ring (bicyclic) bond motifs is 1. The molecule has 0 radical (unpaired) electrons. The van der Waals surface area contributed by atoms with Crippen LogP contribution in [0, 0.1) is 0 Å². The van der Waals surface area contributed by atoms with Crippen molar-refractivity contribution < 1.29 is 9.53 Å². The Bertz CT molecular complexity index is 639. The summed E-state index contributed by atoms with van der Waals surface area (Å²) in [5, 5.41) is 8.42. The molecule has 110 valence electrons. The molecule has 0 spiro atoms. The summed E-state index contributed by atoms with van der Waals surface area (Å²) in [6.45, 7) is 0. The molecule has 1 aliphatic rings. The van der Waals surface area contributed by atoms with Gasteiger partial charge in [0.05, 0.1) is 13.2 Å². The Morgan fingerprint density at radius 2 is 2.19 bits per heavy atom. The third-order valence-electron chi connectivity index (χ3n) is 3.69. The Morgan fingerprint density at radius 3 is 3.05 bits per heavy atom. The molecule has 21 heavy (non-hydrogen) atoms. The zero-order valence-corrected chi connectivity index (χ0v) is 12.7. The van der Waals surface area contributed by atoms with Crippen LogP contribution in [0.3, 0.4) is 0 Å². The molecule has 3 rings (SSSR count). The molecular formula is C16H18N2O2S. The minimum Gasteiger partial charge on any atom is -0.453 e. The number of carbonyl (C=O) groups is 1. The van der Waals surface area contributed by atoms with E-state index in [-0.39, 0.29) is 0 Å². The van der Waals surface area contributed by atoms with E-state index in [1.165, 1.54) is 30.4 Å². The number of aryl methyl sites for hydroxylation is 1. The van der Waals surface area contributed by atoms with Gasteiger partial charge < -0.3 is 10.1 Å². The number of ether oxygens (including phenoxy) is 1. The minimum absolute atomic E-state index is 0.355. The first kappa shape index (κ1) is 13.9. The van der Waals surface area contributed by atoms with Crippen LogP contribution < -0.4 is 10.6 Å². The van der Waals surface area contributed by atoms with Crippen LogP contribution in [0.5, 0.6) is 0 Å². The molecule has 2 aromatic rings. The van der Waals surface area contributed by atoms with Gasteiger partial charge in [-0.05, 0) is 54.5 Å². The maximum absolute atomic E-state index is 11.3. The summed E-state index contributed by atoms with van der Waals surface area (Å²) in [5.74, 6) is 0. The van der Waals surface area contributed by atoms with Gasteiger partial charge in [0.25, 0.3) is 0 Å². The molecule has 0 bridgehead atoms. The summed E-state index contributed by atoms with van der Waals surface area (Å²) in [5.41, 5.74) is 3.15. The highest BCUT2D eigenvalue weighted by atomic mass is 32.1. The van der Waals surface area contributed by atoms with Crippen LogP contribution in [0.4, 0.5) is 16.2 Å². The maximum atomic E-state index is 11.3. The first-order valence-corrected chi connectivity index (χ1v) is 7.92. The van der Waals surface area contributed by atoms with Crippen molar-refractivity contribution in [2.75, 3.05) is 17.7 Å². The van der Waals surface area contributed by atoms with E-state index in [0.29, 0.717) is 6.04 Å². The Balaban J connectivity index is 1.74. The highest BCUT2D eigenvalue weighted by Gasteiger charge is 2.20. The topological polar surface area (TPSA) is 50.4 Å². The molecule has 1 heterocycles. The fourth-order valence-corrected chi connectivity index (χ4v) is 3.68. The fraction of sp³-hybridized carbons (Fsp3) is 0.312. The van der Waals surface area contributed by atoms with Gasteiger partial charge in [0.2, 0.25) is 0 Å². The molecule has 1 aromatic heterocycles. The second kappa shape index (κ2) is 6.18. The number of hydrogen-bond donors (Lipinski definition) is 2. The molecule has 1 atom stereocenters. The van der Waals surface area contributed by atoms with Crippen molar-refractivity contribution >= 4 is 28.8 Å². The highest BCUT2D eigenvalue weighted by Crippen LogP contribution is 2.35. The standard InChI is InChI=1S/C16H18N2O2S/c1-20-16(19)18-12-5-2-4-11(10-12)17-14-6-3-7-15-13(14)8-9-21-15/h2,4-5,8-10,14,17H,3,6-7H2,1H3,(H,18,19). The van der Waals surface area contributed by atoms with Gasteiger partial charge in [-0.25, -0.2) is 4.79 Å². The van der Waals surface area contributed by atoms with E-state index in [1.54, 1.807) is 0 Å². The quantitative estimate of drug-likeness (QED) is 0.882. The monoisotopic (exact) mass is 302 g/mol. The Labute approximate surface area is 128 Å². The third-order valence-corrected chi connectivity index (χ3v) is 4.68. The number of benzene rings is 1. The molecule has 4 nitrogen and oxygen atoms in total. The highest BCUT2D eigenvalue weighted by molar-refractivity contribution is 7.10. The van der Waals surface area contributed by atoms with Crippen LogP contribution in [-0.4, -0.2) is 13.2 Å². The number of rotatable bonds is 3. The Morgan fingerprint density at radius 1 is 1.33 bits per heavy atom. The van der Waals surface area contributed by atoms with E-state index in [4.69, 9.17) is 0 Å². The van der Waals surface area contributed by atoms with E-state index in [1.807, 2.05) is 35.6 Å². The molecular weight excluding hydrogens is 284 g/mol. The van der Waals surface area contributed by atoms with Crippen LogP contribution in [0.2, 0.25) is 0 Å². The van der Waals surface area contributed by atoms with Crippen LogP contribution in [-0.2, 0) is 11.2 Å². The van der Waals surface area contributed by atoms with Crippen LogP contribution in [0.1, 0.15) is 29.3 Å².